The molecule has 0 radical (unpaired) electrons. The zero-order valence-electron chi connectivity index (χ0n) is 33.7. The van der Waals surface area contributed by atoms with Crippen molar-refractivity contribution >= 4 is 75.9 Å². The first-order valence-electron chi connectivity index (χ1n) is 21.5. The number of fused-ring (bicyclic) bond motifs is 12. The van der Waals surface area contributed by atoms with E-state index in [4.69, 9.17) is 0 Å². The predicted molar refractivity (Wildman–Crippen MR) is 263 cm³/mol. The summed E-state index contributed by atoms with van der Waals surface area (Å²) in [6, 6.07) is 81.1. The van der Waals surface area contributed by atoms with Crippen LogP contribution in [0.25, 0.3) is 132 Å². The van der Waals surface area contributed by atoms with Crippen LogP contribution in [0, 0.1) is 0 Å². The largest absolute Gasteiger partial charge is 0.309 e. The molecule has 0 aliphatic heterocycles. The summed E-state index contributed by atoms with van der Waals surface area (Å²) in [5, 5.41) is 12.6. The smallest absolute Gasteiger partial charge is 0.0619 e. The predicted octanol–water partition coefficient (Wildman–Crippen LogP) is 16.3. The molecule has 1 aliphatic carbocycles. The minimum atomic E-state index is 1.16. The van der Waals surface area contributed by atoms with Gasteiger partial charge in [-0.1, -0.05) is 152 Å². The van der Waals surface area contributed by atoms with E-state index >= 15 is 0 Å². The van der Waals surface area contributed by atoms with Gasteiger partial charge in [0, 0.05) is 38.3 Å². The molecule has 0 bridgehead atoms. The van der Waals surface area contributed by atoms with Crippen molar-refractivity contribution in [3.63, 3.8) is 0 Å². The highest BCUT2D eigenvalue weighted by Crippen LogP contribution is 2.48. The molecule has 0 N–H and O–H groups in total. The fourth-order valence-electron chi connectivity index (χ4n) is 10.8. The van der Waals surface area contributed by atoms with Crippen LogP contribution in [0.15, 0.2) is 218 Å². The highest BCUT2D eigenvalue weighted by Gasteiger charge is 2.22. The third-order valence-electron chi connectivity index (χ3n) is 13.6. The molecule has 286 valence electrons. The van der Waals surface area contributed by atoms with Crippen LogP contribution in [0.4, 0.5) is 0 Å². The molecule has 2 aromatic heterocycles. The Balaban J connectivity index is 0.903. The minimum absolute atomic E-state index is 1.16. The van der Waals surface area contributed by atoms with Gasteiger partial charge in [0.05, 0.1) is 22.1 Å². The number of para-hydroxylation sites is 2. The van der Waals surface area contributed by atoms with Crippen LogP contribution >= 0.6 is 0 Å². The summed E-state index contributed by atoms with van der Waals surface area (Å²) in [5.41, 5.74) is 17.4. The topological polar surface area (TPSA) is 9.86 Å². The molecule has 0 spiro atoms. The molecule has 62 heavy (non-hydrogen) atoms. The molecule has 11 aromatic carbocycles. The molecule has 1 aliphatic rings. The van der Waals surface area contributed by atoms with Crippen molar-refractivity contribution in [2.24, 2.45) is 0 Å². The lowest BCUT2D eigenvalue weighted by atomic mass is 9.96. The Morgan fingerprint density at radius 2 is 0.823 bits per heavy atom. The summed E-state index contributed by atoms with van der Waals surface area (Å²) in [6.07, 6.45) is 0. The van der Waals surface area contributed by atoms with Gasteiger partial charge in [-0.2, -0.15) is 0 Å². The minimum Gasteiger partial charge on any atom is -0.309 e. The third-order valence-corrected chi connectivity index (χ3v) is 13.6. The van der Waals surface area contributed by atoms with Crippen molar-refractivity contribution in [2.45, 2.75) is 0 Å². The first-order chi connectivity index (χ1) is 30.7. The van der Waals surface area contributed by atoms with Gasteiger partial charge in [0.15, 0.2) is 0 Å². The summed E-state index contributed by atoms with van der Waals surface area (Å²) in [7, 11) is 0. The summed E-state index contributed by atoms with van der Waals surface area (Å²) in [6.45, 7) is 0. The van der Waals surface area contributed by atoms with Crippen LogP contribution in [0.5, 0.6) is 0 Å². The van der Waals surface area contributed by atoms with Crippen LogP contribution < -0.4 is 0 Å². The monoisotopic (exact) mass is 784 g/mol. The van der Waals surface area contributed by atoms with E-state index in [0.29, 0.717) is 0 Å². The van der Waals surface area contributed by atoms with Gasteiger partial charge in [0.25, 0.3) is 0 Å². The SMILES string of the molecule is c1ccc(-n2c3ccccc3c3cc(-c4ccc5c(c4)c4ccc6ccccc6c4n5-c4ccc5cc(-c6ccc7c(c6)-c6cccc8cccc-7c68)ccc5c4)ccc32)cc1. The fourth-order valence-corrected chi connectivity index (χ4v) is 10.8. The first-order valence-corrected chi connectivity index (χ1v) is 21.5. The second-order valence-electron chi connectivity index (χ2n) is 16.9. The maximum atomic E-state index is 2.49. The van der Waals surface area contributed by atoms with Gasteiger partial charge in [-0.3, -0.25) is 0 Å². The van der Waals surface area contributed by atoms with Gasteiger partial charge in [0.2, 0.25) is 0 Å². The van der Waals surface area contributed by atoms with E-state index in [-0.39, 0.29) is 0 Å². The highest BCUT2D eigenvalue weighted by molar-refractivity contribution is 6.20. The standard InChI is InChI=1S/C60H36N2/c1-2-13-45(14-3-1)61-56-19-7-6-16-49(56)54-35-43(25-30-57(54)61)44-26-31-58-55(36-44)52-29-23-37-10-4-5-15-47(37)60(52)62(58)46-27-22-40-32-39(20-21-41(40)33-46)42-24-28-48-50-17-8-11-38-12-9-18-51(59(38)50)53(48)34-42/h1-36H. The van der Waals surface area contributed by atoms with E-state index in [1.807, 2.05) is 0 Å². The average Bonchev–Trinajstić information content (AvgIpc) is 3.97. The Bertz CT molecular complexity index is 4030. The molecule has 0 atom stereocenters. The molecule has 2 nitrogen and oxygen atoms in total. The lowest BCUT2D eigenvalue weighted by Crippen LogP contribution is -1.95. The molecular formula is C60H36N2. The zero-order chi connectivity index (χ0) is 40.5. The highest BCUT2D eigenvalue weighted by atomic mass is 15.0. The van der Waals surface area contributed by atoms with Gasteiger partial charge >= 0.3 is 0 Å². The third kappa shape index (κ3) is 4.75. The quantitative estimate of drug-likeness (QED) is 0.168. The lowest BCUT2D eigenvalue weighted by molar-refractivity contribution is 1.18. The molecule has 0 unspecified atom stereocenters. The van der Waals surface area contributed by atoms with Crippen LogP contribution in [0.1, 0.15) is 0 Å². The molecule has 2 heteroatoms. The second-order valence-corrected chi connectivity index (χ2v) is 16.9. The van der Waals surface area contributed by atoms with Crippen LogP contribution in [-0.2, 0) is 0 Å². The maximum Gasteiger partial charge on any atom is 0.0619 e. The van der Waals surface area contributed by atoms with E-state index in [2.05, 4.69) is 228 Å². The molecule has 0 saturated heterocycles. The van der Waals surface area contributed by atoms with Gasteiger partial charge in [-0.15, -0.1) is 0 Å². The number of hydrogen-bond acceptors (Lipinski definition) is 0. The molecule has 0 amide bonds. The molecule has 13 aromatic rings. The molecular weight excluding hydrogens is 749 g/mol. The Morgan fingerprint density at radius 3 is 1.66 bits per heavy atom. The van der Waals surface area contributed by atoms with Crippen LogP contribution in [0.3, 0.4) is 0 Å². The van der Waals surface area contributed by atoms with Crippen molar-refractivity contribution < 1.29 is 0 Å². The van der Waals surface area contributed by atoms with E-state index in [9.17, 15) is 0 Å². The van der Waals surface area contributed by atoms with Gasteiger partial charge < -0.3 is 9.13 Å². The van der Waals surface area contributed by atoms with E-state index in [1.165, 1.54) is 126 Å². The van der Waals surface area contributed by atoms with Gasteiger partial charge in [0.1, 0.15) is 0 Å². The summed E-state index contributed by atoms with van der Waals surface area (Å²) in [4.78, 5) is 0. The van der Waals surface area contributed by atoms with Crippen molar-refractivity contribution in [1.82, 2.24) is 9.13 Å². The zero-order valence-corrected chi connectivity index (χ0v) is 33.7. The number of nitrogens with zero attached hydrogens (tertiary/aromatic N) is 2. The van der Waals surface area contributed by atoms with Crippen LogP contribution in [0.2, 0.25) is 0 Å². The molecule has 0 saturated carbocycles. The lowest BCUT2D eigenvalue weighted by Gasteiger charge is -2.12. The Morgan fingerprint density at radius 1 is 0.242 bits per heavy atom. The Labute approximate surface area is 357 Å². The number of benzene rings is 11. The molecule has 0 fully saturated rings. The Kier molecular flexibility index (Phi) is 6.86. The van der Waals surface area contributed by atoms with Gasteiger partial charge in [-0.05, 0) is 138 Å². The molecule has 14 rings (SSSR count). The van der Waals surface area contributed by atoms with E-state index in [1.54, 1.807) is 0 Å². The number of rotatable bonds is 4. The van der Waals surface area contributed by atoms with Crippen molar-refractivity contribution in [3.05, 3.63) is 218 Å². The summed E-state index contributed by atoms with van der Waals surface area (Å²) < 4.78 is 4.87. The van der Waals surface area contributed by atoms with Gasteiger partial charge in [-0.25, -0.2) is 0 Å². The maximum absolute atomic E-state index is 2.49. The van der Waals surface area contributed by atoms with Crippen LogP contribution in [-0.4, -0.2) is 9.13 Å². The van der Waals surface area contributed by atoms with Crippen molar-refractivity contribution in [1.29, 1.82) is 0 Å². The van der Waals surface area contributed by atoms with E-state index in [0.717, 1.165) is 5.69 Å². The first kappa shape index (κ1) is 33.6. The van der Waals surface area contributed by atoms with E-state index < -0.39 is 0 Å². The summed E-state index contributed by atoms with van der Waals surface area (Å²) >= 11 is 0. The Hall–Kier alpha value is -8.20. The number of hydrogen-bond donors (Lipinski definition) is 0. The molecule has 2 heterocycles. The van der Waals surface area contributed by atoms with Crippen molar-refractivity contribution in [2.75, 3.05) is 0 Å². The average molecular weight is 785 g/mol. The second kappa shape index (κ2) is 12.7. The fraction of sp³-hybridized carbons (Fsp3) is 0. The normalized spacial score (nSPS) is 12.2. The summed E-state index contributed by atoms with van der Waals surface area (Å²) in [5.74, 6) is 0. The van der Waals surface area contributed by atoms with Crippen molar-refractivity contribution in [3.8, 4) is 55.9 Å². The number of aromatic nitrogens is 2.